The summed E-state index contributed by atoms with van der Waals surface area (Å²) in [6, 6.07) is 3.84. The van der Waals surface area contributed by atoms with Crippen molar-refractivity contribution in [3.63, 3.8) is 0 Å². The number of aromatic nitrogens is 2. The van der Waals surface area contributed by atoms with Crippen molar-refractivity contribution in [1.29, 1.82) is 0 Å². The highest BCUT2D eigenvalue weighted by atomic mass is 32.1. The Morgan fingerprint density at radius 1 is 1.28 bits per heavy atom. The minimum Gasteiger partial charge on any atom is -0.496 e. The van der Waals surface area contributed by atoms with Crippen LogP contribution in [-0.4, -0.2) is 22.5 Å². The van der Waals surface area contributed by atoms with E-state index in [1.54, 1.807) is 14.0 Å². The van der Waals surface area contributed by atoms with Gasteiger partial charge < -0.3 is 4.74 Å². The van der Waals surface area contributed by atoms with Crippen molar-refractivity contribution in [3.05, 3.63) is 39.4 Å². The zero-order valence-electron chi connectivity index (χ0n) is 10.8. The maximum absolute atomic E-state index is 12.5. The zero-order valence-corrected chi connectivity index (χ0v) is 11.6. The largest absolute Gasteiger partial charge is 0.496 e. The number of carbonyl (C=O) groups is 1. The fraction of sp³-hybridized carbons (Fsp3) is 0.308. The average molecular weight is 262 g/mol. The van der Waals surface area contributed by atoms with Crippen LogP contribution < -0.4 is 4.74 Å². The predicted octanol–water partition coefficient (Wildman–Crippen LogP) is 2.70. The van der Waals surface area contributed by atoms with Crippen LogP contribution in [-0.2, 0) is 0 Å². The van der Waals surface area contributed by atoms with Gasteiger partial charge in [-0.05, 0) is 49.5 Å². The molecular formula is C13H14N2O2S. The summed E-state index contributed by atoms with van der Waals surface area (Å²) in [4.78, 5) is 13.1. The molecule has 0 radical (unpaired) electrons. The number of nitrogens with zero attached hydrogens (tertiary/aromatic N) is 2. The van der Waals surface area contributed by atoms with Crippen LogP contribution in [0.5, 0.6) is 5.75 Å². The molecule has 1 aromatic carbocycles. The van der Waals surface area contributed by atoms with Gasteiger partial charge in [-0.2, -0.15) is 0 Å². The normalized spacial score (nSPS) is 10.4. The average Bonchev–Trinajstić information content (AvgIpc) is 2.73. The molecule has 0 spiro atoms. The van der Waals surface area contributed by atoms with Crippen LogP contribution >= 0.6 is 11.5 Å². The molecule has 5 heteroatoms. The van der Waals surface area contributed by atoms with Gasteiger partial charge in [0, 0.05) is 0 Å². The van der Waals surface area contributed by atoms with Gasteiger partial charge in [0.05, 0.1) is 18.4 Å². The van der Waals surface area contributed by atoms with Gasteiger partial charge in [-0.3, -0.25) is 4.79 Å². The fourth-order valence-corrected chi connectivity index (χ4v) is 2.54. The molecule has 2 aromatic rings. The molecule has 1 heterocycles. The maximum Gasteiger partial charge on any atom is 0.210 e. The topological polar surface area (TPSA) is 52.1 Å². The third-order valence-electron chi connectivity index (χ3n) is 2.75. The summed E-state index contributed by atoms with van der Waals surface area (Å²) in [6.45, 7) is 5.67. The molecule has 1 aromatic heterocycles. The molecule has 18 heavy (non-hydrogen) atoms. The van der Waals surface area contributed by atoms with Gasteiger partial charge in [-0.1, -0.05) is 10.6 Å². The van der Waals surface area contributed by atoms with Gasteiger partial charge in [-0.25, -0.2) is 0 Å². The fourth-order valence-electron chi connectivity index (χ4n) is 1.93. The molecule has 4 nitrogen and oxygen atoms in total. The van der Waals surface area contributed by atoms with Crippen LogP contribution in [0.4, 0.5) is 0 Å². The van der Waals surface area contributed by atoms with Gasteiger partial charge in [0.2, 0.25) is 5.78 Å². The number of benzene rings is 1. The summed E-state index contributed by atoms with van der Waals surface area (Å²) in [6.07, 6.45) is 0. The van der Waals surface area contributed by atoms with E-state index in [9.17, 15) is 4.79 Å². The number of aryl methyl sites for hydroxylation is 3. The molecule has 0 fully saturated rings. The highest BCUT2D eigenvalue weighted by Crippen LogP contribution is 2.28. The molecule has 2 rings (SSSR count). The summed E-state index contributed by atoms with van der Waals surface area (Å²) in [5.74, 6) is 0.530. The van der Waals surface area contributed by atoms with Gasteiger partial charge in [0.1, 0.15) is 10.6 Å². The molecule has 0 bridgehead atoms. The molecule has 0 amide bonds. The van der Waals surface area contributed by atoms with E-state index in [1.807, 2.05) is 26.0 Å². The third kappa shape index (κ3) is 2.13. The van der Waals surface area contributed by atoms with Crippen LogP contribution in [0, 0.1) is 20.8 Å². The van der Waals surface area contributed by atoms with Gasteiger partial charge in [-0.15, -0.1) is 5.10 Å². The lowest BCUT2D eigenvalue weighted by molar-refractivity contribution is 0.103. The van der Waals surface area contributed by atoms with Crippen molar-refractivity contribution in [3.8, 4) is 5.75 Å². The Bertz CT molecular complexity index is 605. The summed E-state index contributed by atoms with van der Waals surface area (Å²) >= 11 is 1.12. The Kier molecular flexibility index (Phi) is 3.43. The first-order valence-corrected chi connectivity index (χ1v) is 6.30. The van der Waals surface area contributed by atoms with Crippen molar-refractivity contribution in [1.82, 2.24) is 9.59 Å². The number of carbonyl (C=O) groups excluding carboxylic acids is 1. The van der Waals surface area contributed by atoms with Gasteiger partial charge in [0.15, 0.2) is 0 Å². The Balaban J connectivity index is 2.58. The van der Waals surface area contributed by atoms with E-state index in [-0.39, 0.29) is 5.78 Å². The summed E-state index contributed by atoms with van der Waals surface area (Å²) in [7, 11) is 1.57. The Morgan fingerprint density at radius 2 is 2.00 bits per heavy atom. The van der Waals surface area contributed by atoms with E-state index < -0.39 is 0 Å². The van der Waals surface area contributed by atoms with Crippen LogP contribution in [0.2, 0.25) is 0 Å². The molecule has 94 valence electrons. The van der Waals surface area contributed by atoms with Crippen LogP contribution in [0.15, 0.2) is 12.1 Å². The second-order valence-electron chi connectivity index (χ2n) is 4.18. The van der Waals surface area contributed by atoms with E-state index in [2.05, 4.69) is 9.59 Å². The van der Waals surface area contributed by atoms with Gasteiger partial charge in [0.25, 0.3) is 0 Å². The number of rotatable bonds is 3. The summed E-state index contributed by atoms with van der Waals surface area (Å²) in [5.41, 5.74) is 3.23. The van der Waals surface area contributed by atoms with Crippen molar-refractivity contribution in [2.45, 2.75) is 20.8 Å². The van der Waals surface area contributed by atoms with Crippen molar-refractivity contribution >= 4 is 17.3 Å². The van der Waals surface area contributed by atoms with E-state index >= 15 is 0 Å². The second kappa shape index (κ2) is 4.86. The molecule has 0 aliphatic carbocycles. The first-order valence-electron chi connectivity index (χ1n) is 5.53. The van der Waals surface area contributed by atoms with Crippen molar-refractivity contribution < 1.29 is 9.53 Å². The van der Waals surface area contributed by atoms with E-state index in [0.717, 1.165) is 22.7 Å². The molecular weight excluding hydrogens is 248 g/mol. The van der Waals surface area contributed by atoms with Crippen LogP contribution in [0.1, 0.15) is 32.1 Å². The number of hydrogen-bond donors (Lipinski definition) is 0. The number of ketones is 1. The number of methoxy groups -OCH3 is 1. The smallest absolute Gasteiger partial charge is 0.210 e. The lowest BCUT2D eigenvalue weighted by atomic mass is 9.99. The van der Waals surface area contributed by atoms with Crippen LogP contribution in [0.3, 0.4) is 0 Å². The quantitative estimate of drug-likeness (QED) is 0.798. The molecule has 0 unspecified atom stereocenters. The van der Waals surface area contributed by atoms with E-state index in [1.165, 1.54) is 0 Å². The molecule has 0 atom stereocenters. The maximum atomic E-state index is 12.5. The standard InChI is InChI=1S/C13H14N2O2S/c1-7-5-8(2)11(10(6-7)17-4)12(16)13-9(3)14-15-18-13/h5-6H,1-4H3. The molecule has 0 saturated carbocycles. The Labute approximate surface area is 110 Å². The Hall–Kier alpha value is -1.75. The summed E-state index contributed by atoms with van der Waals surface area (Å²) < 4.78 is 9.11. The van der Waals surface area contributed by atoms with Gasteiger partial charge >= 0.3 is 0 Å². The molecule has 0 aliphatic rings. The van der Waals surface area contributed by atoms with Crippen LogP contribution in [0.25, 0.3) is 0 Å². The minimum absolute atomic E-state index is 0.0724. The lowest BCUT2D eigenvalue weighted by Gasteiger charge is -2.11. The highest BCUT2D eigenvalue weighted by Gasteiger charge is 2.21. The minimum atomic E-state index is -0.0724. The van der Waals surface area contributed by atoms with Crippen molar-refractivity contribution in [2.24, 2.45) is 0 Å². The SMILES string of the molecule is COc1cc(C)cc(C)c1C(=O)c1snnc1C. The zero-order chi connectivity index (χ0) is 13.3. The monoisotopic (exact) mass is 262 g/mol. The lowest BCUT2D eigenvalue weighted by Crippen LogP contribution is -2.06. The van der Waals surface area contributed by atoms with E-state index in [4.69, 9.17) is 4.74 Å². The molecule has 0 N–H and O–H groups in total. The summed E-state index contributed by atoms with van der Waals surface area (Å²) in [5, 5.41) is 3.87. The third-order valence-corrected chi connectivity index (χ3v) is 3.58. The number of ether oxygens (including phenoxy) is 1. The van der Waals surface area contributed by atoms with Crippen molar-refractivity contribution in [2.75, 3.05) is 7.11 Å². The molecule has 0 aliphatic heterocycles. The molecule has 0 saturated heterocycles. The second-order valence-corrected chi connectivity index (χ2v) is 4.93. The first-order chi connectivity index (χ1) is 8.54. The highest BCUT2D eigenvalue weighted by molar-refractivity contribution is 7.08. The predicted molar refractivity (Wildman–Crippen MR) is 70.5 cm³/mol. The first kappa shape index (κ1) is 12.7. The number of hydrogen-bond acceptors (Lipinski definition) is 5. The van der Waals surface area contributed by atoms with E-state index in [0.29, 0.717) is 21.9 Å². The Morgan fingerprint density at radius 3 is 2.56 bits per heavy atom.